The number of sulfonamides is 1. The second-order valence-corrected chi connectivity index (χ2v) is 9.35. The third kappa shape index (κ3) is 4.74. The molecule has 0 fully saturated rings. The Morgan fingerprint density at radius 3 is 2.46 bits per heavy atom. The van der Waals surface area contributed by atoms with Crippen LogP contribution in [0.25, 0.3) is 0 Å². The van der Waals surface area contributed by atoms with Crippen LogP contribution in [0.15, 0.2) is 52.9 Å². The Balaban J connectivity index is 1.88. The first-order valence-electron chi connectivity index (χ1n) is 7.58. The summed E-state index contributed by atoms with van der Waals surface area (Å²) in [5.74, 6) is -0.164. The number of halogens is 2. The topological polar surface area (TPSA) is 94.6 Å². The molecule has 28 heavy (non-hydrogen) atoms. The molecule has 0 saturated carbocycles. The van der Waals surface area contributed by atoms with E-state index in [1.807, 2.05) is 0 Å². The van der Waals surface area contributed by atoms with Crippen molar-refractivity contribution in [3.8, 4) is 11.6 Å². The number of esters is 1. The van der Waals surface area contributed by atoms with Gasteiger partial charge in [0.25, 0.3) is 10.0 Å². The van der Waals surface area contributed by atoms with Crippen LogP contribution in [0.5, 0.6) is 11.6 Å². The van der Waals surface area contributed by atoms with Crippen LogP contribution in [0.4, 0.5) is 5.69 Å². The van der Waals surface area contributed by atoms with Crippen LogP contribution < -0.4 is 9.46 Å². The number of thiophene rings is 1. The fourth-order valence-corrected chi connectivity index (χ4v) is 4.80. The minimum absolute atomic E-state index is 0.0125. The van der Waals surface area contributed by atoms with Gasteiger partial charge in [0.2, 0.25) is 5.88 Å². The highest BCUT2D eigenvalue weighted by molar-refractivity contribution is 7.94. The van der Waals surface area contributed by atoms with Crippen molar-refractivity contribution < 1.29 is 22.7 Å². The predicted octanol–water partition coefficient (Wildman–Crippen LogP) is 4.83. The lowest BCUT2D eigenvalue weighted by atomic mass is 10.2. The lowest BCUT2D eigenvalue weighted by Crippen LogP contribution is -2.12. The second kappa shape index (κ2) is 8.36. The summed E-state index contributed by atoms with van der Waals surface area (Å²) in [5, 5.41) is 0.218. The summed E-state index contributed by atoms with van der Waals surface area (Å²) in [5.41, 5.74) is 0.392. The minimum atomic E-state index is -3.90. The maximum atomic E-state index is 12.5. The van der Waals surface area contributed by atoms with Crippen LogP contribution >= 0.6 is 34.5 Å². The number of nitrogens with one attached hydrogen (secondary N) is 1. The number of methoxy groups -OCH3 is 1. The fourth-order valence-electron chi connectivity index (χ4n) is 2.11. The Bertz CT molecular complexity index is 1110. The maximum Gasteiger partial charge on any atom is 0.337 e. The van der Waals surface area contributed by atoms with Gasteiger partial charge in [-0.05, 0) is 42.5 Å². The molecule has 1 aromatic carbocycles. The highest BCUT2D eigenvalue weighted by Gasteiger charge is 2.20. The van der Waals surface area contributed by atoms with E-state index in [9.17, 15) is 13.2 Å². The molecule has 0 aliphatic rings. The number of nitrogens with zero attached hydrogens (tertiary/aromatic N) is 1. The van der Waals surface area contributed by atoms with E-state index in [0.29, 0.717) is 15.6 Å². The Morgan fingerprint density at radius 2 is 1.86 bits per heavy atom. The van der Waals surface area contributed by atoms with Gasteiger partial charge in [-0.3, -0.25) is 4.72 Å². The standard InChI is InChI=1S/C17H12Cl2N2O5S2/c1-25-17(22)10-2-4-12(5-3-10)26-16-13(8-11(18)9-20-16)21-28(23,24)15-7-6-14(19)27-15/h2-9,21H,1H3. The number of carbonyl (C=O) groups is 1. The molecule has 2 aromatic heterocycles. The number of ether oxygens (including phenoxy) is 2. The molecule has 3 rings (SSSR count). The zero-order valence-electron chi connectivity index (χ0n) is 14.2. The second-order valence-electron chi connectivity index (χ2n) is 5.29. The zero-order valence-corrected chi connectivity index (χ0v) is 17.3. The molecular formula is C17H12Cl2N2O5S2. The molecule has 0 saturated heterocycles. The van der Waals surface area contributed by atoms with Crippen LogP contribution in [0.1, 0.15) is 10.4 Å². The first-order valence-corrected chi connectivity index (χ1v) is 10.6. The highest BCUT2D eigenvalue weighted by Crippen LogP contribution is 2.33. The van der Waals surface area contributed by atoms with Crippen LogP contribution in [0, 0.1) is 0 Å². The summed E-state index contributed by atoms with van der Waals surface area (Å²) in [7, 11) is -2.62. The smallest absolute Gasteiger partial charge is 0.337 e. The number of hydrogen-bond donors (Lipinski definition) is 1. The van der Waals surface area contributed by atoms with Crippen molar-refractivity contribution in [3.63, 3.8) is 0 Å². The molecule has 0 aliphatic carbocycles. The normalized spacial score (nSPS) is 11.1. The number of pyridine rings is 1. The van der Waals surface area contributed by atoms with Gasteiger partial charge in [-0.1, -0.05) is 23.2 Å². The molecule has 0 radical (unpaired) electrons. The quantitative estimate of drug-likeness (QED) is 0.531. The molecule has 0 bridgehead atoms. The van der Waals surface area contributed by atoms with Crippen LogP contribution in [-0.4, -0.2) is 26.5 Å². The van der Waals surface area contributed by atoms with E-state index in [-0.39, 0.29) is 20.8 Å². The number of hydrogen-bond acceptors (Lipinski definition) is 7. The first-order chi connectivity index (χ1) is 13.3. The maximum absolute atomic E-state index is 12.5. The van der Waals surface area contributed by atoms with Gasteiger partial charge < -0.3 is 9.47 Å². The van der Waals surface area contributed by atoms with Crippen molar-refractivity contribution in [2.45, 2.75) is 4.21 Å². The summed E-state index contributed by atoms with van der Waals surface area (Å²) >= 11 is 12.7. The Kier molecular flexibility index (Phi) is 6.09. The monoisotopic (exact) mass is 458 g/mol. The number of anilines is 1. The molecule has 2 heterocycles. The largest absolute Gasteiger partial charge is 0.465 e. The Labute approximate surface area is 174 Å². The molecule has 0 atom stereocenters. The molecule has 0 spiro atoms. The van der Waals surface area contributed by atoms with E-state index >= 15 is 0 Å². The van der Waals surface area contributed by atoms with Gasteiger partial charge in [0.05, 0.1) is 22.0 Å². The average Bonchev–Trinajstić information content (AvgIpc) is 3.11. The number of rotatable bonds is 6. The van der Waals surface area contributed by atoms with E-state index < -0.39 is 16.0 Å². The van der Waals surface area contributed by atoms with Crippen molar-refractivity contribution in [3.05, 3.63) is 63.6 Å². The van der Waals surface area contributed by atoms with Crippen molar-refractivity contribution in [1.29, 1.82) is 0 Å². The summed E-state index contributed by atoms with van der Waals surface area (Å²) in [6.07, 6.45) is 1.32. The predicted molar refractivity (Wildman–Crippen MR) is 107 cm³/mol. The molecular weight excluding hydrogens is 447 g/mol. The van der Waals surface area contributed by atoms with E-state index in [4.69, 9.17) is 27.9 Å². The summed E-state index contributed by atoms with van der Waals surface area (Å²) in [6.45, 7) is 0. The molecule has 7 nitrogen and oxygen atoms in total. The lowest BCUT2D eigenvalue weighted by molar-refractivity contribution is 0.0600. The van der Waals surface area contributed by atoms with Gasteiger partial charge in [-0.2, -0.15) is 0 Å². The van der Waals surface area contributed by atoms with Gasteiger partial charge >= 0.3 is 5.97 Å². The average molecular weight is 459 g/mol. The van der Waals surface area contributed by atoms with E-state index in [1.54, 1.807) is 0 Å². The number of aromatic nitrogens is 1. The van der Waals surface area contributed by atoms with Crippen LogP contribution in [0.3, 0.4) is 0 Å². The van der Waals surface area contributed by atoms with E-state index in [2.05, 4.69) is 14.4 Å². The minimum Gasteiger partial charge on any atom is -0.465 e. The van der Waals surface area contributed by atoms with Crippen molar-refractivity contribution in [2.24, 2.45) is 0 Å². The van der Waals surface area contributed by atoms with Gasteiger partial charge in [-0.15, -0.1) is 11.3 Å². The molecule has 3 aromatic rings. The van der Waals surface area contributed by atoms with Gasteiger partial charge in [-0.25, -0.2) is 18.2 Å². The molecule has 0 aliphatic heterocycles. The SMILES string of the molecule is COC(=O)c1ccc(Oc2ncc(Cl)cc2NS(=O)(=O)c2ccc(Cl)s2)cc1. The van der Waals surface area contributed by atoms with Crippen molar-refractivity contribution in [2.75, 3.05) is 11.8 Å². The zero-order chi connectivity index (χ0) is 20.3. The summed E-state index contributed by atoms with van der Waals surface area (Å²) < 4.78 is 38.1. The van der Waals surface area contributed by atoms with Gasteiger partial charge in [0.15, 0.2) is 0 Å². The molecule has 0 amide bonds. The molecule has 0 unspecified atom stereocenters. The molecule has 146 valence electrons. The van der Waals surface area contributed by atoms with Crippen molar-refractivity contribution in [1.82, 2.24) is 4.98 Å². The number of carbonyl (C=O) groups excluding carboxylic acids is 1. The van der Waals surface area contributed by atoms with Gasteiger partial charge in [0.1, 0.15) is 15.6 Å². The third-order valence-electron chi connectivity index (χ3n) is 3.37. The Hall–Kier alpha value is -2.33. The summed E-state index contributed by atoms with van der Waals surface area (Å²) in [6, 6.07) is 10.3. The van der Waals surface area contributed by atoms with Crippen LogP contribution in [0.2, 0.25) is 9.36 Å². The molecule has 1 N–H and O–H groups in total. The van der Waals surface area contributed by atoms with Gasteiger partial charge in [0, 0.05) is 6.20 Å². The van der Waals surface area contributed by atoms with E-state index in [0.717, 1.165) is 11.3 Å². The number of benzene rings is 1. The Morgan fingerprint density at radius 1 is 1.14 bits per heavy atom. The van der Waals surface area contributed by atoms with Crippen LogP contribution in [-0.2, 0) is 14.8 Å². The first kappa shape index (κ1) is 20.4. The fraction of sp³-hybridized carbons (Fsp3) is 0.0588. The lowest BCUT2D eigenvalue weighted by Gasteiger charge is -2.12. The van der Waals surface area contributed by atoms with E-state index in [1.165, 1.54) is 55.8 Å². The highest BCUT2D eigenvalue weighted by atomic mass is 35.5. The van der Waals surface area contributed by atoms with Crippen molar-refractivity contribution >= 4 is 56.2 Å². The third-order valence-corrected chi connectivity index (χ3v) is 6.66. The summed E-state index contributed by atoms with van der Waals surface area (Å²) in [4.78, 5) is 15.5. The molecule has 11 heteroatoms.